The van der Waals surface area contributed by atoms with E-state index in [1.807, 2.05) is 0 Å². The second kappa shape index (κ2) is 4.34. The number of hydrogen-bond acceptors (Lipinski definition) is 4. The van der Waals surface area contributed by atoms with Gasteiger partial charge < -0.3 is 0 Å². The third-order valence-electron chi connectivity index (χ3n) is 2.01. The lowest BCUT2D eigenvalue weighted by atomic mass is 10.5. The molecule has 8 heteroatoms. The highest BCUT2D eigenvalue weighted by atomic mass is 35.5. The standard InChI is InChI=1S/C9H9ClN4O2S/c1-14-9(5-6-11-14)17(15,16)13-8-4-2-3-7(10)12-8/h2-6H,1H3,(H,12,13). The fourth-order valence-corrected chi connectivity index (χ4v) is 2.57. The van der Waals surface area contributed by atoms with Crippen LogP contribution in [-0.2, 0) is 17.1 Å². The molecule has 0 aliphatic heterocycles. The van der Waals surface area contributed by atoms with E-state index in [1.165, 1.54) is 23.0 Å². The molecule has 0 radical (unpaired) electrons. The van der Waals surface area contributed by atoms with Gasteiger partial charge in [-0.05, 0) is 18.2 Å². The van der Waals surface area contributed by atoms with Crippen LogP contribution in [0.3, 0.4) is 0 Å². The van der Waals surface area contributed by atoms with Crippen LogP contribution in [0.2, 0.25) is 5.15 Å². The first-order valence-corrected chi connectivity index (χ1v) is 6.48. The van der Waals surface area contributed by atoms with Crippen LogP contribution in [0.4, 0.5) is 5.82 Å². The van der Waals surface area contributed by atoms with Crippen LogP contribution in [0.15, 0.2) is 35.5 Å². The van der Waals surface area contributed by atoms with Crippen molar-refractivity contribution in [3.8, 4) is 0 Å². The van der Waals surface area contributed by atoms with Gasteiger partial charge in [-0.3, -0.25) is 9.40 Å². The number of hydrogen-bond donors (Lipinski definition) is 1. The average Bonchev–Trinajstić information content (AvgIpc) is 2.64. The summed E-state index contributed by atoms with van der Waals surface area (Å²) < 4.78 is 27.5. The van der Waals surface area contributed by atoms with Gasteiger partial charge in [0.1, 0.15) is 11.0 Å². The van der Waals surface area contributed by atoms with E-state index >= 15 is 0 Å². The van der Waals surface area contributed by atoms with E-state index in [-0.39, 0.29) is 16.0 Å². The van der Waals surface area contributed by atoms with E-state index in [9.17, 15) is 8.42 Å². The van der Waals surface area contributed by atoms with Crippen LogP contribution in [0.5, 0.6) is 0 Å². The zero-order valence-corrected chi connectivity index (χ0v) is 10.4. The molecule has 90 valence electrons. The highest BCUT2D eigenvalue weighted by Crippen LogP contribution is 2.15. The van der Waals surface area contributed by atoms with Gasteiger partial charge >= 0.3 is 0 Å². The van der Waals surface area contributed by atoms with E-state index in [0.717, 1.165) is 0 Å². The number of aromatic nitrogens is 3. The summed E-state index contributed by atoms with van der Waals surface area (Å²) in [5.74, 6) is 0.165. The maximum atomic E-state index is 11.9. The number of aryl methyl sites for hydroxylation is 1. The Morgan fingerprint density at radius 1 is 1.35 bits per heavy atom. The second-order valence-electron chi connectivity index (χ2n) is 3.24. The van der Waals surface area contributed by atoms with Gasteiger partial charge in [0.2, 0.25) is 0 Å². The first-order chi connectivity index (χ1) is 7.99. The molecule has 0 aliphatic rings. The largest absolute Gasteiger partial charge is 0.280 e. The maximum Gasteiger partial charge on any atom is 0.280 e. The van der Waals surface area contributed by atoms with Crippen LogP contribution in [-0.4, -0.2) is 23.2 Å². The lowest BCUT2D eigenvalue weighted by Gasteiger charge is -2.07. The van der Waals surface area contributed by atoms with Gasteiger partial charge in [0.05, 0.1) is 6.20 Å². The van der Waals surface area contributed by atoms with E-state index < -0.39 is 10.0 Å². The van der Waals surface area contributed by atoms with Gasteiger partial charge in [0.15, 0.2) is 5.03 Å². The molecule has 0 saturated heterocycles. The normalized spacial score (nSPS) is 11.4. The van der Waals surface area contributed by atoms with E-state index in [4.69, 9.17) is 11.6 Å². The summed E-state index contributed by atoms with van der Waals surface area (Å²) in [5.41, 5.74) is 0. The average molecular weight is 273 g/mol. The molecule has 0 spiro atoms. The van der Waals surface area contributed by atoms with Crippen molar-refractivity contribution in [2.45, 2.75) is 5.03 Å². The Kier molecular flexibility index (Phi) is 3.03. The number of pyridine rings is 1. The number of anilines is 1. The third-order valence-corrected chi connectivity index (χ3v) is 3.64. The fraction of sp³-hybridized carbons (Fsp3) is 0.111. The number of nitrogens with one attached hydrogen (secondary N) is 1. The summed E-state index contributed by atoms with van der Waals surface area (Å²) >= 11 is 5.67. The highest BCUT2D eigenvalue weighted by Gasteiger charge is 2.18. The van der Waals surface area contributed by atoms with Crippen molar-refractivity contribution < 1.29 is 8.42 Å². The summed E-state index contributed by atoms with van der Waals surface area (Å²) in [4.78, 5) is 3.84. The van der Waals surface area contributed by atoms with Crippen molar-refractivity contribution in [1.29, 1.82) is 0 Å². The van der Waals surface area contributed by atoms with Crippen LogP contribution in [0.25, 0.3) is 0 Å². The molecule has 2 heterocycles. The first kappa shape index (κ1) is 11.9. The molecule has 0 saturated carbocycles. The minimum Gasteiger partial charge on any atom is -0.262 e. The number of sulfonamides is 1. The SMILES string of the molecule is Cn1nccc1S(=O)(=O)Nc1cccc(Cl)n1. The molecule has 6 nitrogen and oxygen atoms in total. The van der Waals surface area contributed by atoms with Gasteiger partial charge in [-0.25, -0.2) is 4.98 Å². The van der Waals surface area contributed by atoms with E-state index in [0.29, 0.717) is 0 Å². The topological polar surface area (TPSA) is 76.9 Å². The monoisotopic (exact) mass is 272 g/mol. The predicted octanol–water partition coefficient (Wildman–Crippen LogP) is 1.27. The second-order valence-corrected chi connectivity index (χ2v) is 5.26. The Balaban J connectivity index is 2.33. The van der Waals surface area contributed by atoms with Crippen molar-refractivity contribution in [2.75, 3.05) is 4.72 Å². The molecular formula is C9H9ClN4O2S. The van der Waals surface area contributed by atoms with Crippen molar-refractivity contribution in [2.24, 2.45) is 7.05 Å². The highest BCUT2D eigenvalue weighted by molar-refractivity contribution is 7.92. The molecule has 0 fully saturated rings. The maximum absolute atomic E-state index is 11.9. The Morgan fingerprint density at radius 3 is 2.71 bits per heavy atom. The van der Waals surface area contributed by atoms with Crippen molar-refractivity contribution in [3.05, 3.63) is 35.6 Å². The summed E-state index contributed by atoms with van der Waals surface area (Å²) in [6, 6.07) is 6.08. The molecule has 0 aliphatic carbocycles. The quantitative estimate of drug-likeness (QED) is 0.854. The molecule has 0 aromatic carbocycles. The molecule has 2 aromatic heterocycles. The predicted molar refractivity (Wildman–Crippen MR) is 63.3 cm³/mol. The molecule has 17 heavy (non-hydrogen) atoms. The minimum absolute atomic E-state index is 0.0549. The van der Waals surface area contributed by atoms with Crippen molar-refractivity contribution in [1.82, 2.24) is 14.8 Å². The van der Waals surface area contributed by atoms with Crippen LogP contribution < -0.4 is 4.72 Å². The summed E-state index contributed by atoms with van der Waals surface area (Å²) in [5, 5.41) is 4.07. The molecule has 2 rings (SSSR count). The fourth-order valence-electron chi connectivity index (χ4n) is 1.28. The molecular weight excluding hydrogens is 264 g/mol. The Labute approximate surface area is 103 Å². The van der Waals surface area contributed by atoms with Gasteiger partial charge in [-0.1, -0.05) is 17.7 Å². The molecule has 2 aromatic rings. The molecule has 0 atom stereocenters. The molecule has 1 N–H and O–H groups in total. The third kappa shape index (κ3) is 2.56. The number of nitrogens with zero attached hydrogens (tertiary/aromatic N) is 3. The van der Waals surface area contributed by atoms with E-state index in [2.05, 4.69) is 14.8 Å². The smallest absolute Gasteiger partial charge is 0.262 e. The Hall–Kier alpha value is -1.60. The lowest BCUT2D eigenvalue weighted by molar-refractivity contribution is 0.582. The van der Waals surface area contributed by atoms with Gasteiger partial charge in [0, 0.05) is 7.05 Å². The molecule has 0 unspecified atom stereocenters. The van der Waals surface area contributed by atoms with Crippen LogP contribution in [0.1, 0.15) is 0 Å². The summed E-state index contributed by atoms with van der Waals surface area (Å²) in [7, 11) is -2.15. The van der Waals surface area contributed by atoms with Crippen LogP contribution in [0, 0.1) is 0 Å². The number of halogens is 1. The van der Waals surface area contributed by atoms with Gasteiger partial charge in [-0.15, -0.1) is 0 Å². The first-order valence-electron chi connectivity index (χ1n) is 4.62. The summed E-state index contributed by atoms with van der Waals surface area (Å²) in [6.07, 6.45) is 1.40. The zero-order valence-electron chi connectivity index (χ0n) is 8.83. The van der Waals surface area contributed by atoms with Gasteiger partial charge in [-0.2, -0.15) is 13.5 Å². The molecule has 0 bridgehead atoms. The zero-order chi connectivity index (χ0) is 12.5. The van der Waals surface area contributed by atoms with Crippen LogP contribution >= 0.6 is 11.6 Å². The molecule has 0 amide bonds. The van der Waals surface area contributed by atoms with E-state index in [1.54, 1.807) is 19.2 Å². The Morgan fingerprint density at radius 2 is 2.12 bits per heavy atom. The van der Waals surface area contributed by atoms with Gasteiger partial charge in [0.25, 0.3) is 10.0 Å². The number of rotatable bonds is 3. The lowest BCUT2D eigenvalue weighted by Crippen LogP contribution is -2.17. The van der Waals surface area contributed by atoms with Crippen molar-refractivity contribution in [3.63, 3.8) is 0 Å². The Bertz CT molecular complexity index is 638. The van der Waals surface area contributed by atoms with Crippen molar-refractivity contribution >= 4 is 27.4 Å². The summed E-state index contributed by atoms with van der Waals surface area (Å²) in [6.45, 7) is 0. The minimum atomic E-state index is -3.69.